The highest BCUT2D eigenvalue weighted by Crippen LogP contribution is 2.31. The average Bonchev–Trinajstić information content (AvgIpc) is 3.13. The summed E-state index contributed by atoms with van der Waals surface area (Å²) in [5, 5.41) is 15.2. The molecule has 0 radical (unpaired) electrons. The standard InChI is InChI=1S/C25H21ClN6O/c1-15-7-9-17(10-8-15)22(27)24(33)32-25-29-28-16(2)31(25)21-6-4-3-5-20(21)23(30-32)18-11-13-19(26)14-12-18/h3-14,22H,27H2,1-2H3. The lowest BCUT2D eigenvalue weighted by molar-refractivity contribution is -0.120. The number of amides is 1. The van der Waals surface area contributed by atoms with E-state index in [4.69, 9.17) is 22.4 Å². The Bertz CT molecular complexity index is 1380. The van der Waals surface area contributed by atoms with Crippen molar-refractivity contribution in [2.45, 2.75) is 19.9 Å². The van der Waals surface area contributed by atoms with Crippen molar-refractivity contribution < 1.29 is 4.79 Å². The molecule has 1 aromatic heterocycles. The summed E-state index contributed by atoms with van der Waals surface area (Å²) >= 11 is 6.12. The van der Waals surface area contributed by atoms with Crippen LogP contribution in [0.3, 0.4) is 0 Å². The highest BCUT2D eigenvalue weighted by atomic mass is 35.5. The molecule has 2 N–H and O–H groups in total. The second kappa shape index (κ2) is 8.27. The van der Waals surface area contributed by atoms with Crippen LogP contribution in [0.5, 0.6) is 0 Å². The van der Waals surface area contributed by atoms with Gasteiger partial charge in [-0.1, -0.05) is 71.8 Å². The molecule has 0 aliphatic carbocycles. The second-order valence-corrected chi connectivity index (χ2v) is 8.33. The second-order valence-electron chi connectivity index (χ2n) is 7.89. The van der Waals surface area contributed by atoms with Crippen LogP contribution in [0.15, 0.2) is 77.9 Å². The fourth-order valence-corrected chi connectivity index (χ4v) is 3.98. The SMILES string of the molecule is Cc1ccc(C(N)C(=O)N2N=C(c3ccc(Cl)cc3)c3ccccc3-n3c(C)nnc32)cc1. The van der Waals surface area contributed by atoms with E-state index in [9.17, 15) is 4.79 Å². The van der Waals surface area contributed by atoms with Gasteiger partial charge in [-0.3, -0.25) is 9.36 Å². The zero-order valence-corrected chi connectivity index (χ0v) is 18.9. The maximum atomic E-state index is 13.7. The quantitative estimate of drug-likeness (QED) is 0.496. The Hall–Kier alpha value is -3.81. The molecule has 164 valence electrons. The first-order chi connectivity index (χ1) is 15.9. The van der Waals surface area contributed by atoms with Gasteiger partial charge in [0.2, 0.25) is 0 Å². The van der Waals surface area contributed by atoms with Gasteiger partial charge in [-0.2, -0.15) is 10.1 Å². The van der Waals surface area contributed by atoms with Crippen molar-refractivity contribution >= 4 is 29.2 Å². The Labute approximate surface area is 196 Å². The number of fused-ring (bicyclic) bond motifs is 3. The first kappa shape index (κ1) is 21.1. The van der Waals surface area contributed by atoms with Gasteiger partial charge in [0.05, 0.1) is 5.69 Å². The lowest BCUT2D eigenvalue weighted by atomic mass is 10.0. The Morgan fingerprint density at radius 1 is 0.939 bits per heavy atom. The third-order valence-corrected chi connectivity index (χ3v) is 5.88. The molecule has 2 heterocycles. The maximum absolute atomic E-state index is 13.7. The number of nitrogens with zero attached hydrogens (tertiary/aromatic N) is 5. The molecule has 0 saturated carbocycles. The van der Waals surface area contributed by atoms with E-state index in [-0.39, 0.29) is 5.95 Å². The lowest BCUT2D eigenvalue weighted by Gasteiger charge is -2.20. The number of rotatable bonds is 3. The van der Waals surface area contributed by atoms with Gasteiger partial charge in [-0.15, -0.1) is 10.2 Å². The minimum absolute atomic E-state index is 0.288. The van der Waals surface area contributed by atoms with Gasteiger partial charge >= 0.3 is 0 Å². The van der Waals surface area contributed by atoms with Crippen molar-refractivity contribution in [1.82, 2.24) is 14.8 Å². The van der Waals surface area contributed by atoms with Gasteiger partial charge in [0.15, 0.2) is 0 Å². The molecule has 33 heavy (non-hydrogen) atoms. The summed E-state index contributed by atoms with van der Waals surface area (Å²) in [6.45, 7) is 3.82. The third kappa shape index (κ3) is 3.71. The van der Waals surface area contributed by atoms with Crippen LogP contribution < -0.4 is 10.7 Å². The van der Waals surface area contributed by atoms with Crippen LogP contribution in [0.4, 0.5) is 5.95 Å². The average molecular weight is 457 g/mol. The first-order valence-corrected chi connectivity index (χ1v) is 10.8. The van der Waals surface area contributed by atoms with E-state index in [0.717, 1.165) is 22.4 Å². The molecule has 1 amide bonds. The summed E-state index contributed by atoms with van der Waals surface area (Å²) in [5.74, 6) is 0.509. The van der Waals surface area contributed by atoms with E-state index in [1.165, 1.54) is 5.01 Å². The van der Waals surface area contributed by atoms with Crippen molar-refractivity contribution in [2.24, 2.45) is 10.8 Å². The van der Waals surface area contributed by atoms with Crippen LogP contribution in [-0.4, -0.2) is 26.4 Å². The smallest absolute Gasteiger partial charge is 0.271 e. The van der Waals surface area contributed by atoms with Gasteiger partial charge in [0, 0.05) is 16.1 Å². The molecule has 1 aliphatic heterocycles. The summed E-state index contributed by atoms with van der Waals surface area (Å²) in [5.41, 5.74) is 11.3. The fraction of sp³-hybridized carbons (Fsp3) is 0.120. The molecule has 8 heteroatoms. The number of hydrogen-bond donors (Lipinski definition) is 1. The predicted octanol–water partition coefficient (Wildman–Crippen LogP) is 4.34. The van der Waals surface area contributed by atoms with E-state index >= 15 is 0 Å². The fourth-order valence-electron chi connectivity index (χ4n) is 3.85. The number of hydrogen-bond acceptors (Lipinski definition) is 5. The van der Waals surface area contributed by atoms with Gasteiger partial charge in [-0.25, -0.2) is 0 Å². The van der Waals surface area contributed by atoms with E-state index < -0.39 is 11.9 Å². The molecule has 1 aliphatic rings. The molecular weight excluding hydrogens is 436 g/mol. The normalized spacial score (nSPS) is 13.6. The molecule has 3 aromatic carbocycles. The molecule has 1 atom stereocenters. The predicted molar refractivity (Wildman–Crippen MR) is 129 cm³/mol. The number of para-hydroxylation sites is 1. The topological polar surface area (TPSA) is 89.4 Å². The maximum Gasteiger partial charge on any atom is 0.271 e. The van der Waals surface area contributed by atoms with Crippen LogP contribution in [0.25, 0.3) is 5.69 Å². The minimum Gasteiger partial charge on any atom is -0.316 e. The number of carbonyl (C=O) groups excluding carboxylic acids is 1. The number of carbonyl (C=O) groups is 1. The number of aromatic nitrogens is 3. The van der Waals surface area contributed by atoms with Gasteiger partial charge in [-0.05, 0) is 37.6 Å². The van der Waals surface area contributed by atoms with Crippen molar-refractivity contribution in [2.75, 3.05) is 5.01 Å². The number of anilines is 1. The molecule has 0 bridgehead atoms. The van der Waals surface area contributed by atoms with Gasteiger partial charge in [0.25, 0.3) is 11.9 Å². The van der Waals surface area contributed by atoms with Crippen molar-refractivity contribution in [3.05, 3.63) is 106 Å². The van der Waals surface area contributed by atoms with E-state index in [1.807, 2.05) is 79.1 Å². The van der Waals surface area contributed by atoms with E-state index in [1.54, 1.807) is 12.1 Å². The van der Waals surface area contributed by atoms with Gasteiger partial charge in [0.1, 0.15) is 17.6 Å². The molecule has 0 fully saturated rings. The van der Waals surface area contributed by atoms with Crippen LogP contribution in [-0.2, 0) is 4.79 Å². The third-order valence-electron chi connectivity index (χ3n) is 5.63. The molecule has 0 saturated heterocycles. The van der Waals surface area contributed by atoms with Crippen LogP contribution >= 0.6 is 11.6 Å². The minimum atomic E-state index is -0.924. The van der Waals surface area contributed by atoms with E-state index in [2.05, 4.69) is 10.2 Å². The molecule has 5 rings (SSSR count). The summed E-state index contributed by atoms with van der Waals surface area (Å²) in [7, 11) is 0. The molecule has 7 nitrogen and oxygen atoms in total. The highest BCUT2D eigenvalue weighted by Gasteiger charge is 2.33. The molecule has 1 unspecified atom stereocenters. The Kier molecular flexibility index (Phi) is 5.28. The van der Waals surface area contributed by atoms with Crippen LogP contribution in [0.2, 0.25) is 5.02 Å². The van der Waals surface area contributed by atoms with Crippen molar-refractivity contribution in [3.8, 4) is 5.69 Å². The Balaban J connectivity index is 1.70. The molecule has 4 aromatic rings. The Morgan fingerprint density at radius 3 is 2.36 bits per heavy atom. The Morgan fingerprint density at radius 2 is 1.64 bits per heavy atom. The zero-order chi connectivity index (χ0) is 23.1. The first-order valence-electron chi connectivity index (χ1n) is 10.5. The van der Waals surface area contributed by atoms with Gasteiger partial charge < -0.3 is 5.73 Å². The molecular formula is C25H21ClN6O. The highest BCUT2D eigenvalue weighted by molar-refractivity contribution is 6.30. The zero-order valence-electron chi connectivity index (χ0n) is 18.1. The molecule has 0 spiro atoms. The lowest BCUT2D eigenvalue weighted by Crippen LogP contribution is -2.37. The van der Waals surface area contributed by atoms with E-state index in [0.29, 0.717) is 22.1 Å². The van der Waals surface area contributed by atoms with Crippen molar-refractivity contribution in [3.63, 3.8) is 0 Å². The number of nitrogens with two attached hydrogens (primary N) is 1. The summed E-state index contributed by atoms with van der Waals surface area (Å²) < 4.78 is 1.82. The van der Waals surface area contributed by atoms with Crippen LogP contribution in [0.1, 0.15) is 34.1 Å². The largest absolute Gasteiger partial charge is 0.316 e. The number of aryl methyl sites for hydroxylation is 2. The monoisotopic (exact) mass is 456 g/mol. The van der Waals surface area contributed by atoms with Crippen molar-refractivity contribution in [1.29, 1.82) is 0 Å². The summed E-state index contributed by atoms with van der Waals surface area (Å²) in [6.07, 6.45) is 0. The number of benzene rings is 3. The number of hydrazone groups is 1. The van der Waals surface area contributed by atoms with Crippen LogP contribution in [0, 0.1) is 13.8 Å². The summed E-state index contributed by atoms with van der Waals surface area (Å²) in [4.78, 5) is 13.7. The number of halogens is 1. The summed E-state index contributed by atoms with van der Waals surface area (Å²) in [6, 6.07) is 21.7.